The monoisotopic (exact) mass is 598 g/mol. The molecule has 0 atom stereocenters. The van der Waals surface area contributed by atoms with Crippen molar-refractivity contribution in [3.8, 4) is 11.1 Å². The number of aryl methyl sites for hydroxylation is 1. The topological polar surface area (TPSA) is 137 Å². The summed E-state index contributed by atoms with van der Waals surface area (Å²) in [6.45, 7) is 1.45. The van der Waals surface area contributed by atoms with Crippen molar-refractivity contribution in [3.05, 3.63) is 72.2 Å². The minimum Gasteiger partial charge on any atom is -0.483 e. The van der Waals surface area contributed by atoms with Crippen molar-refractivity contribution in [1.82, 2.24) is 19.9 Å². The molecule has 0 bridgehead atoms. The highest BCUT2D eigenvalue weighted by Gasteiger charge is 2.24. The van der Waals surface area contributed by atoms with E-state index < -0.39 is 21.7 Å². The van der Waals surface area contributed by atoms with E-state index in [1.54, 1.807) is 31.3 Å². The number of fused-ring (bicyclic) bond motifs is 1. The fraction of sp³-hybridized carbons (Fsp3) is 0.310. The van der Waals surface area contributed by atoms with Crippen LogP contribution in [0.3, 0.4) is 0 Å². The van der Waals surface area contributed by atoms with Gasteiger partial charge in [0, 0.05) is 36.1 Å². The summed E-state index contributed by atoms with van der Waals surface area (Å²) in [5.74, 6) is -1.33. The number of hydrogen-bond acceptors (Lipinski definition) is 8. The molecule has 1 saturated carbocycles. The highest BCUT2D eigenvalue weighted by molar-refractivity contribution is 7.92. The van der Waals surface area contributed by atoms with Crippen molar-refractivity contribution < 1.29 is 27.1 Å². The van der Waals surface area contributed by atoms with Gasteiger partial charge in [0.15, 0.2) is 5.82 Å². The van der Waals surface area contributed by atoms with E-state index in [4.69, 9.17) is 9.90 Å². The van der Waals surface area contributed by atoms with E-state index in [9.17, 15) is 12.8 Å². The molecule has 5 rings (SSSR count). The number of rotatable bonds is 7. The molecule has 1 aliphatic rings. The van der Waals surface area contributed by atoms with Gasteiger partial charge in [-0.2, -0.15) is 0 Å². The highest BCUT2D eigenvalue weighted by atomic mass is 32.2. The molecule has 0 spiro atoms. The molecule has 13 heteroatoms. The standard InChI is InChI=1S/C28H30F2N6O2S.CH2O2/c1-17-12-22(16-31-14-17)39(37,38)35-25-11-9-23(29)26(27(25)30)18-4-10-24-19(13-18)15-32-28(34-24)33-20-5-7-21(8-6-20)36(2)3;2-1-3/h4,9-16,20-21,35H,5-8H2,1-3H3,(H,32,33,34);1H,(H,2,3). The molecule has 42 heavy (non-hydrogen) atoms. The second-order valence-corrected chi connectivity index (χ2v) is 12.0. The zero-order valence-electron chi connectivity index (χ0n) is 23.4. The van der Waals surface area contributed by atoms with Crippen molar-refractivity contribution in [2.75, 3.05) is 24.1 Å². The van der Waals surface area contributed by atoms with Gasteiger partial charge in [0.05, 0.1) is 16.8 Å². The van der Waals surface area contributed by atoms with Crippen molar-refractivity contribution in [2.45, 2.75) is 49.6 Å². The fourth-order valence-corrected chi connectivity index (χ4v) is 6.06. The van der Waals surface area contributed by atoms with Crippen LogP contribution in [0.1, 0.15) is 31.2 Å². The van der Waals surface area contributed by atoms with Crippen LogP contribution < -0.4 is 10.0 Å². The Balaban J connectivity index is 0.00000129. The van der Waals surface area contributed by atoms with Crippen LogP contribution in [0.25, 0.3) is 22.0 Å². The summed E-state index contributed by atoms with van der Waals surface area (Å²) >= 11 is 0. The number of anilines is 2. The lowest BCUT2D eigenvalue weighted by molar-refractivity contribution is -0.122. The summed E-state index contributed by atoms with van der Waals surface area (Å²) in [4.78, 5) is 23.4. The number of pyridine rings is 1. The van der Waals surface area contributed by atoms with E-state index in [1.165, 1.54) is 18.5 Å². The first-order valence-corrected chi connectivity index (χ1v) is 14.7. The number of nitrogens with zero attached hydrogens (tertiary/aromatic N) is 4. The normalized spacial score (nSPS) is 16.9. The molecule has 2 heterocycles. The lowest BCUT2D eigenvalue weighted by Gasteiger charge is -2.32. The SMILES string of the molecule is Cc1cncc(S(=O)(=O)Nc2ccc(F)c(-c3ccc4nc(NC5CCC(N(C)C)CC5)ncc4c3)c2F)c1.O=CO. The van der Waals surface area contributed by atoms with Crippen molar-refractivity contribution >= 4 is 39.0 Å². The van der Waals surface area contributed by atoms with Gasteiger partial charge >= 0.3 is 0 Å². The Labute approximate surface area is 242 Å². The minimum atomic E-state index is -4.13. The molecular formula is C29H32F2N6O4S. The van der Waals surface area contributed by atoms with E-state index in [2.05, 4.69) is 44.0 Å². The maximum absolute atomic E-state index is 15.5. The predicted molar refractivity (Wildman–Crippen MR) is 157 cm³/mol. The fourth-order valence-electron chi connectivity index (χ4n) is 4.95. The smallest absolute Gasteiger partial charge is 0.290 e. The number of aromatic nitrogens is 3. The molecule has 2 aromatic carbocycles. The van der Waals surface area contributed by atoms with Gasteiger partial charge < -0.3 is 15.3 Å². The molecule has 0 aliphatic heterocycles. The first-order valence-electron chi connectivity index (χ1n) is 13.2. The maximum Gasteiger partial charge on any atom is 0.290 e. The third kappa shape index (κ3) is 7.15. The average molecular weight is 599 g/mol. The van der Waals surface area contributed by atoms with E-state index in [1.807, 2.05) is 0 Å². The molecule has 3 N–H and O–H groups in total. The molecule has 0 radical (unpaired) electrons. The number of carbonyl (C=O) groups is 1. The third-order valence-electron chi connectivity index (χ3n) is 7.12. The summed E-state index contributed by atoms with van der Waals surface area (Å²) in [6.07, 6.45) is 8.57. The van der Waals surface area contributed by atoms with E-state index in [0.717, 1.165) is 37.8 Å². The molecule has 0 saturated heterocycles. The molecule has 10 nitrogen and oxygen atoms in total. The number of halogens is 2. The lowest BCUT2D eigenvalue weighted by atomic mass is 9.91. The van der Waals surface area contributed by atoms with E-state index >= 15 is 4.39 Å². The van der Waals surface area contributed by atoms with Gasteiger partial charge in [-0.15, -0.1) is 0 Å². The Kier molecular flexibility index (Phi) is 9.63. The molecule has 0 amide bonds. The summed E-state index contributed by atoms with van der Waals surface area (Å²) in [6, 6.07) is 9.22. The maximum atomic E-state index is 15.5. The minimum absolute atomic E-state index is 0.120. The van der Waals surface area contributed by atoms with Crippen LogP contribution in [0.15, 0.2) is 59.9 Å². The molecule has 1 fully saturated rings. The van der Waals surface area contributed by atoms with Crippen molar-refractivity contribution in [2.24, 2.45) is 0 Å². The zero-order chi connectivity index (χ0) is 30.4. The van der Waals surface area contributed by atoms with Crippen LogP contribution in [0.4, 0.5) is 20.4 Å². The quantitative estimate of drug-likeness (QED) is 0.249. The molecular weight excluding hydrogens is 566 g/mol. The second-order valence-electron chi connectivity index (χ2n) is 10.3. The van der Waals surface area contributed by atoms with E-state index in [-0.39, 0.29) is 28.2 Å². The van der Waals surface area contributed by atoms with Crippen LogP contribution in [-0.4, -0.2) is 66.0 Å². The van der Waals surface area contributed by atoms with Gasteiger partial charge in [0.1, 0.15) is 10.7 Å². The van der Waals surface area contributed by atoms with Crippen LogP contribution in [0.5, 0.6) is 0 Å². The number of nitrogens with one attached hydrogen (secondary N) is 2. The van der Waals surface area contributed by atoms with Crippen LogP contribution in [0.2, 0.25) is 0 Å². The Bertz CT molecular complexity index is 1680. The first-order chi connectivity index (χ1) is 20.0. The number of benzene rings is 2. The van der Waals surface area contributed by atoms with Gasteiger partial charge in [0.25, 0.3) is 16.5 Å². The number of carboxylic acid groups (broad SMARTS) is 1. The van der Waals surface area contributed by atoms with Crippen molar-refractivity contribution in [3.63, 3.8) is 0 Å². The van der Waals surface area contributed by atoms with Crippen LogP contribution in [0, 0.1) is 18.6 Å². The third-order valence-corrected chi connectivity index (χ3v) is 8.46. The van der Waals surface area contributed by atoms with E-state index in [0.29, 0.717) is 34.5 Å². The molecule has 4 aromatic rings. The molecule has 2 aromatic heterocycles. The molecule has 0 unspecified atom stereocenters. The summed E-state index contributed by atoms with van der Waals surface area (Å²) in [5, 5.41) is 10.9. The average Bonchev–Trinajstić information content (AvgIpc) is 2.95. The number of sulfonamides is 1. The zero-order valence-corrected chi connectivity index (χ0v) is 24.2. The van der Waals surface area contributed by atoms with Gasteiger partial charge in [-0.3, -0.25) is 14.5 Å². The summed E-state index contributed by atoms with van der Waals surface area (Å²) in [7, 11) is 0.0781. The van der Waals surface area contributed by atoms with Crippen molar-refractivity contribution in [1.29, 1.82) is 0 Å². The Morgan fingerprint density at radius 2 is 1.74 bits per heavy atom. The Morgan fingerprint density at radius 1 is 1.02 bits per heavy atom. The van der Waals surface area contributed by atoms with Gasteiger partial charge in [-0.1, -0.05) is 6.07 Å². The van der Waals surface area contributed by atoms with Gasteiger partial charge in [0.2, 0.25) is 5.95 Å². The van der Waals surface area contributed by atoms with Gasteiger partial charge in [-0.25, -0.2) is 27.2 Å². The Morgan fingerprint density at radius 3 is 2.40 bits per heavy atom. The summed E-state index contributed by atoms with van der Waals surface area (Å²) < 4.78 is 58.2. The second kappa shape index (κ2) is 13.2. The van der Waals surface area contributed by atoms with Crippen LogP contribution in [-0.2, 0) is 14.8 Å². The first kappa shape index (κ1) is 30.7. The Hall–Kier alpha value is -4.23. The lowest BCUT2D eigenvalue weighted by Crippen LogP contribution is -2.36. The largest absolute Gasteiger partial charge is 0.483 e. The van der Waals surface area contributed by atoms with Gasteiger partial charge in [-0.05, 0) is 88.2 Å². The molecule has 1 aliphatic carbocycles. The highest BCUT2D eigenvalue weighted by Crippen LogP contribution is 2.33. The van der Waals surface area contributed by atoms with Crippen LogP contribution >= 0.6 is 0 Å². The predicted octanol–water partition coefficient (Wildman–Crippen LogP) is 5.06. The number of hydrogen-bond donors (Lipinski definition) is 3. The summed E-state index contributed by atoms with van der Waals surface area (Å²) in [5.41, 5.74) is 0.781. The molecule has 222 valence electrons.